The van der Waals surface area contributed by atoms with Crippen molar-refractivity contribution in [3.63, 3.8) is 0 Å². The van der Waals surface area contributed by atoms with Crippen LogP contribution in [0.4, 0.5) is 0 Å². The SMILES string of the molecule is CC/C=C\C[C@H]1C(=O)C=C[C@@H]1CC(=O)OC. The fraction of sp³-hybridized carbons (Fsp3) is 0.538. The quantitative estimate of drug-likeness (QED) is 0.529. The third-order valence-corrected chi connectivity index (χ3v) is 2.81. The lowest BCUT2D eigenvalue weighted by molar-refractivity contribution is -0.141. The fourth-order valence-corrected chi connectivity index (χ4v) is 1.87. The van der Waals surface area contributed by atoms with Crippen LogP contribution < -0.4 is 0 Å². The molecule has 0 heterocycles. The standard InChI is InChI=1S/C13H18O3/c1-3-4-5-6-11-10(7-8-12(11)14)9-13(15)16-2/h4-5,7-8,10-11H,3,6,9H2,1-2H3/b5-4-/t10-,11-/m1/s1. The van der Waals surface area contributed by atoms with Gasteiger partial charge in [-0.25, -0.2) is 0 Å². The summed E-state index contributed by atoms with van der Waals surface area (Å²) in [5, 5.41) is 0. The van der Waals surface area contributed by atoms with E-state index in [1.165, 1.54) is 7.11 Å². The van der Waals surface area contributed by atoms with Gasteiger partial charge >= 0.3 is 5.97 Å². The number of ketones is 1. The van der Waals surface area contributed by atoms with Crippen LogP contribution in [0, 0.1) is 11.8 Å². The third kappa shape index (κ3) is 3.33. The molecule has 0 fully saturated rings. The minimum Gasteiger partial charge on any atom is -0.469 e. The predicted molar refractivity (Wildman–Crippen MR) is 61.8 cm³/mol. The normalized spacial score (nSPS) is 24.2. The van der Waals surface area contributed by atoms with Gasteiger partial charge in [0.2, 0.25) is 0 Å². The number of hydrogen-bond acceptors (Lipinski definition) is 3. The van der Waals surface area contributed by atoms with Crippen molar-refractivity contribution in [2.75, 3.05) is 7.11 Å². The number of carbonyl (C=O) groups excluding carboxylic acids is 2. The molecule has 0 spiro atoms. The summed E-state index contributed by atoms with van der Waals surface area (Å²) in [7, 11) is 1.37. The molecule has 0 amide bonds. The zero-order valence-corrected chi connectivity index (χ0v) is 9.81. The molecule has 0 saturated carbocycles. The largest absolute Gasteiger partial charge is 0.469 e. The van der Waals surface area contributed by atoms with Gasteiger partial charge in [-0.05, 0) is 24.8 Å². The van der Waals surface area contributed by atoms with Crippen LogP contribution in [-0.2, 0) is 14.3 Å². The van der Waals surface area contributed by atoms with Crippen molar-refractivity contribution in [3.8, 4) is 0 Å². The van der Waals surface area contributed by atoms with E-state index in [9.17, 15) is 9.59 Å². The molecule has 88 valence electrons. The molecule has 0 N–H and O–H groups in total. The van der Waals surface area contributed by atoms with Gasteiger partial charge in [0.05, 0.1) is 13.5 Å². The average molecular weight is 222 g/mol. The van der Waals surface area contributed by atoms with E-state index in [4.69, 9.17) is 0 Å². The molecule has 3 heteroatoms. The van der Waals surface area contributed by atoms with E-state index in [0.29, 0.717) is 12.8 Å². The van der Waals surface area contributed by atoms with Gasteiger partial charge in [0.15, 0.2) is 5.78 Å². The van der Waals surface area contributed by atoms with Crippen molar-refractivity contribution < 1.29 is 14.3 Å². The van der Waals surface area contributed by atoms with Gasteiger partial charge in [-0.2, -0.15) is 0 Å². The minimum absolute atomic E-state index is 0.00135. The monoisotopic (exact) mass is 222 g/mol. The first kappa shape index (κ1) is 12.7. The molecule has 1 rings (SSSR count). The maximum Gasteiger partial charge on any atom is 0.306 e. The summed E-state index contributed by atoms with van der Waals surface area (Å²) in [5.41, 5.74) is 0. The molecule has 0 unspecified atom stereocenters. The highest BCUT2D eigenvalue weighted by Crippen LogP contribution is 2.28. The number of esters is 1. The Morgan fingerprint density at radius 2 is 2.25 bits per heavy atom. The van der Waals surface area contributed by atoms with Gasteiger partial charge in [0, 0.05) is 5.92 Å². The predicted octanol–water partition coefficient (Wildman–Crippen LogP) is 2.28. The summed E-state index contributed by atoms with van der Waals surface area (Å²) in [4.78, 5) is 22.7. The van der Waals surface area contributed by atoms with Crippen molar-refractivity contribution in [2.45, 2.75) is 26.2 Å². The van der Waals surface area contributed by atoms with E-state index >= 15 is 0 Å². The van der Waals surface area contributed by atoms with Crippen LogP contribution in [0.1, 0.15) is 26.2 Å². The van der Waals surface area contributed by atoms with Crippen LogP contribution >= 0.6 is 0 Å². The fourth-order valence-electron chi connectivity index (χ4n) is 1.87. The maximum atomic E-state index is 11.6. The highest BCUT2D eigenvalue weighted by Gasteiger charge is 2.30. The number of carbonyl (C=O) groups is 2. The first-order valence-electron chi connectivity index (χ1n) is 5.62. The van der Waals surface area contributed by atoms with Gasteiger partial charge in [-0.3, -0.25) is 9.59 Å². The number of ether oxygens (including phenoxy) is 1. The van der Waals surface area contributed by atoms with Crippen LogP contribution in [0.2, 0.25) is 0 Å². The second kappa shape index (κ2) is 6.26. The lowest BCUT2D eigenvalue weighted by Gasteiger charge is -2.14. The summed E-state index contributed by atoms with van der Waals surface area (Å²) in [5.74, 6) is -0.216. The van der Waals surface area contributed by atoms with E-state index in [-0.39, 0.29) is 23.6 Å². The maximum absolute atomic E-state index is 11.6. The van der Waals surface area contributed by atoms with Gasteiger partial charge in [0.1, 0.15) is 0 Å². The Morgan fingerprint density at radius 3 is 2.88 bits per heavy atom. The second-order valence-electron chi connectivity index (χ2n) is 3.93. The van der Waals surface area contributed by atoms with E-state index < -0.39 is 0 Å². The van der Waals surface area contributed by atoms with Crippen molar-refractivity contribution in [1.29, 1.82) is 0 Å². The highest BCUT2D eigenvalue weighted by atomic mass is 16.5. The van der Waals surface area contributed by atoms with Gasteiger partial charge in [-0.15, -0.1) is 0 Å². The third-order valence-electron chi connectivity index (χ3n) is 2.81. The van der Waals surface area contributed by atoms with Crippen LogP contribution in [-0.4, -0.2) is 18.9 Å². The summed E-state index contributed by atoms with van der Waals surface area (Å²) in [6.07, 6.45) is 9.43. The molecule has 0 aromatic carbocycles. The Kier molecular flexibility index (Phi) is 4.96. The summed E-state index contributed by atoms with van der Waals surface area (Å²) < 4.78 is 4.62. The molecule has 0 aromatic rings. The van der Waals surface area contributed by atoms with Crippen molar-refractivity contribution in [2.24, 2.45) is 11.8 Å². The van der Waals surface area contributed by atoms with Crippen molar-refractivity contribution in [3.05, 3.63) is 24.3 Å². The number of hydrogen-bond donors (Lipinski definition) is 0. The van der Waals surface area contributed by atoms with Crippen LogP contribution in [0.25, 0.3) is 0 Å². The Labute approximate surface area is 96.2 Å². The lowest BCUT2D eigenvalue weighted by atomic mass is 9.89. The second-order valence-corrected chi connectivity index (χ2v) is 3.93. The Hall–Kier alpha value is -1.38. The summed E-state index contributed by atoms with van der Waals surface area (Å²) in [6.45, 7) is 2.05. The Balaban J connectivity index is 2.55. The van der Waals surface area contributed by atoms with E-state index in [1.807, 2.05) is 18.2 Å². The van der Waals surface area contributed by atoms with Crippen LogP contribution in [0.5, 0.6) is 0 Å². The highest BCUT2D eigenvalue weighted by molar-refractivity contribution is 5.95. The summed E-state index contributed by atoms with van der Waals surface area (Å²) >= 11 is 0. The van der Waals surface area contributed by atoms with Crippen LogP contribution in [0.3, 0.4) is 0 Å². The number of rotatable bonds is 5. The molecular weight excluding hydrogens is 204 g/mol. The molecule has 0 radical (unpaired) electrons. The molecule has 0 aromatic heterocycles. The number of allylic oxidation sites excluding steroid dienone is 4. The molecule has 16 heavy (non-hydrogen) atoms. The van der Waals surface area contributed by atoms with Gasteiger partial charge < -0.3 is 4.74 Å². The summed E-state index contributed by atoms with van der Waals surface area (Å²) in [6, 6.07) is 0. The zero-order chi connectivity index (χ0) is 12.0. The zero-order valence-electron chi connectivity index (χ0n) is 9.81. The first-order chi connectivity index (χ1) is 7.69. The van der Waals surface area contributed by atoms with E-state index in [1.54, 1.807) is 6.08 Å². The smallest absolute Gasteiger partial charge is 0.306 e. The van der Waals surface area contributed by atoms with E-state index in [2.05, 4.69) is 11.7 Å². The Bertz CT molecular complexity index is 315. The molecule has 1 aliphatic carbocycles. The Morgan fingerprint density at radius 1 is 1.50 bits per heavy atom. The molecule has 2 atom stereocenters. The van der Waals surface area contributed by atoms with Gasteiger partial charge in [-0.1, -0.05) is 25.2 Å². The van der Waals surface area contributed by atoms with Crippen molar-refractivity contribution in [1.82, 2.24) is 0 Å². The minimum atomic E-state index is -0.256. The lowest BCUT2D eigenvalue weighted by Crippen LogP contribution is -2.18. The first-order valence-corrected chi connectivity index (χ1v) is 5.62. The molecule has 3 nitrogen and oxygen atoms in total. The average Bonchev–Trinajstić information content (AvgIpc) is 2.61. The molecule has 0 saturated heterocycles. The van der Waals surface area contributed by atoms with Crippen molar-refractivity contribution >= 4 is 11.8 Å². The topological polar surface area (TPSA) is 43.4 Å². The number of methoxy groups -OCH3 is 1. The van der Waals surface area contributed by atoms with Crippen LogP contribution in [0.15, 0.2) is 24.3 Å². The molecular formula is C13H18O3. The molecule has 0 bridgehead atoms. The van der Waals surface area contributed by atoms with Gasteiger partial charge in [0.25, 0.3) is 0 Å². The molecule has 0 aliphatic heterocycles. The molecule has 1 aliphatic rings. The van der Waals surface area contributed by atoms with E-state index in [0.717, 1.165) is 6.42 Å².